The minimum absolute atomic E-state index is 0.171. The number of hydrogen-bond acceptors (Lipinski definition) is 2. The first kappa shape index (κ1) is 8.27. The van der Waals surface area contributed by atoms with Crippen molar-refractivity contribution in [2.24, 2.45) is 5.14 Å². The third-order valence-electron chi connectivity index (χ3n) is 0.829. The molecule has 2 N–H and O–H groups in total. The van der Waals surface area contributed by atoms with Gasteiger partial charge in [-0.25, -0.2) is 0 Å². The summed E-state index contributed by atoms with van der Waals surface area (Å²) in [6.45, 7) is 0. The van der Waals surface area contributed by atoms with E-state index in [2.05, 4.69) is 5.10 Å². The predicted molar refractivity (Wildman–Crippen MR) is 33.9 cm³/mol. The number of nitrogens with two attached hydrogens (primary N) is 1. The fourth-order valence-electron chi connectivity index (χ4n) is 0.473. The van der Waals surface area contributed by atoms with E-state index in [1.807, 2.05) is 0 Å². The molecule has 1 aromatic rings. The molecule has 1 heterocycles. The van der Waals surface area contributed by atoms with Crippen LogP contribution in [0, 0.1) is 5.82 Å². The number of rotatable bonds is 1. The molecule has 0 saturated carbocycles. The van der Waals surface area contributed by atoms with Crippen LogP contribution in [-0.4, -0.2) is 37.9 Å². The Morgan fingerprint density at radius 1 is 1.90 bits per heavy atom. The summed E-state index contributed by atoms with van der Waals surface area (Å²) in [5, 5.41) is 8.32. The summed E-state index contributed by atoms with van der Waals surface area (Å²) in [6, 6.07) is 0. The van der Waals surface area contributed by atoms with Gasteiger partial charge in [0.25, 0.3) is 0 Å². The fourth-order valence-corrected chi connectivity index (χ4v) is 2.00. The van der Waals surface area contributed by atoms with Crippen molar-refractivity contribution in [3.63, 3.8) is 0 Å². The van der Waals surface area contributed by atoms with Gasteiger partial charge in [0.1, 0.15) is 0 Å². The average molecular weight is 355 g/mol. The van der Waals surface area contributed by atoms with Crippen LogP contribution in [0.15, 0.2) is 11.2 Å². The summed E-state index contributed by atoms with van der Waals surface area (Å²) in [4.78, 5) is 0. The fraction of sp³-hybridized carbons (Fsp3) is 0. The Morgan fingerprint density at radius 3 is 2.70 bits per heavy atom. The Morgan fingerprint density at radius 2 is 2.50 bits per heavy atom. The van der Waals surface area contributed by atoms with Crippen LogP contribution in [0.1, 0.15) is 0 Å². The molecule has 0 spiro atoms. The van der Waals surface area contributed by atoms with E-state index < -0.39 is 16.8 Å². The van der Waals surface area contributed by atoms with E-state index in [-0.39, 0.29) is 5.03 Å². The summed E-state index contributed by atoms with van der Waals surface area (Å²) in [5.41, 5.74) is 0. The Balaban J connectivity index is 3.15. The van der Waals surface area contributed by atoms with Crippen molar-refractivity contribution in [3.8, 4) is 0 Å². The van der Waals surface area contributed by atoms with E-state index >= 15 is 0 Å². The molecular formula is C3H3FN3OPbS. The molecule has 0 saturated heterocycles. The topological polar surface area (TPSA) is 60.9 Å². The van der Waals surface area contributed by atoms with E-state index in [9.17, 15) is 8.60 Å². The Kier molecular flexibility index (Phi) is 2.52. The van der Waals surface area contributed by atoms with Gasteiger partial charge < -0.3 is 0 Å². The van der Waals surface area contributed by atoms with Gasteiger partial charge in [-0.3, -0.25) is 0 Å². The monoisotopic (exact) mass is 356 g/mol. The SMILES string of the molecule is NS(=O)c1n[n]([Pb])cc1F. The van der Waals surface area contributed by atoms with Crippen LogP contribution >= 0.6 is 0 Å². The predicted octanol–water partition coefficient (Wildman–Crippen LogP) is -1.06. The molecule has 0 aromatic carbocycles. The Bertz CT molecular complexity index is 275. The Hall–Kier alpha value is 0.172. The van der Waals surface area contributed by atoms with E-state index in [1.54, 1.807) is 0 Å². The molecule has 0 fully saturated rings. The van der Waals surface area contributed by atoms with Gasteiger partial charge in [0.15, 0.2) is 0 Å². The van der Waals surface area contributed by atoms with E-state index in [0.29, 0.717) is 26.1 Å². The van der Waals surface area contributed by atoms with E-state index in [4.69, 9.17) is 5.14 Å². The average Bonchev–Trinajstić information content (AvgIpc) is 2.10. The summed E-state index contributed by atoms with van der Waals surface area (Å²) in [5.74, 6) is -0.601. The Labute approximate surface area is 75.3 Å². The van der Waals surface area contributed by atoms with Crippen molar-refractivity contribution >= 4 is 37.1 Å². The molecule has 1 atom stereocenters. The van der Waals surface area contributed by atoms with Crippen molar-refractivity contribution in [2.75, 3.05) is 0 Å². The van der Waals surface area contributed by atoms with Gasteiger partial charge in [0.2, 0.25) is 0 Å². The molecule has 1 unspecified atom stereocenters. The molecule has 0 bridgehead atoms. The van der Waals surface area contributed by atoms with Crippen molar-refractivity contribution in [1.29, 1.82) is 0 Å². The van der Waals surface area contributed by atoms with Crippen LogP contribution in [0.4, 0.5) is 4.39 Å². The first-order valence-corrected chi connectivity index (χ1v) is 5.19. The maximum absolute atomic E-state index is 12.5. The van der Waals surface area contributed by atoms with Crippen LogP contribution in [0.2, 0.25) is 0 Å². The van der Waals surface area contributed by atoms with E-state index in [0.717, 1.165) is 0 Å². The van der Waals surface area contributed by atoms with Crippen molar-refractivity contribution in [3.05, 3.63) is 12.0 Å². The van der Waals surface area contributed by atoms with Crippen LogP contribution in [0.5, 0.6) is 0 Å². The second-order valence-corrected chi connectivity index (χ2v) is 4.29. The number of nitrogens with zero attached hydrogens (tertiary/aromatic N) is 2. The van der Waals surface area contributed by atoms with Gasteiger partial charge in [-0.2, -0.15) is 0 Å². The molecule has 4 nitrogen and oxygen atoms in total. The van der Waals surface area contributed by atoms with Crippen LogP contribution in [0.25, 0.3) is 0 Å². The first-order chi connectivity index (χ1) is 4.61. The normalized spacial score (nSPS) is 13.5. The third kappa shape index (κ3) is 1.61. The molecule has 1 aromatic heterocycles. The quantitative estimate of drug-likeness (QED) is 0.653. The van der Waals surface area contributed by atoms with Gasteiger partial charge in [-0.1, -0.05) is 0 Å². The first-order valence-electron chi connectivity index (χ1n) is 2.24. The molecule has 10 heavy (non-hydrogen) atoms. The molecular weight excluding hydrogens is 352 g/mol. The zero-order valence-corrected chi connectivity index (χ0v) is 9.45. The maximum atomic E-state index is 12.5. The van der Waals surface area contributed by atoms with Crippen LogP contribution in [-0.2, 0) is 11.0 Å². The van der Waals surface area contributed by atoms with Crippen molar-refractivity contribution < 1.29 is 8.60 Å². The molecule has 0 amide bonds. The van der Waals surface area contributed by atoms with Gasteiger partial charge in [0.05, 0.1) is 0 Å². The zero-order chi connectivity index (χ0) is 7.72. The number of hydrogen-bond donors (Lipinski definition) is 1. The van der Waals surface area contributed by atoms with E-state index in [1.165, 1.54) is 8.69 Å². The summed E-state index contributed by atoms with van der Waals surface area (Å²) >= 11 is 0.565. The van der Waals surface area contributed by atoms with Gasteiger partial charge in [-0.15, -0.1) is 0 Å². The second kappa shape index (κ2) is 3.05. The summed E-state index contributed by atoms with van der Waals surface area (Å²) < 4.78 is 24.4. The zero-order valence-electron chi connectivity index (χ0n) is 4.74. The molecule has 0 aliphatic rings. The van der Waals surface area contributed by atoms with Gasteiger partial charge in [0, 0.05) is 0 Å². The minimum atomic E-state index is -1.80. The van der Waals surface area contributed by atoms with Crippen molar-refractivity contribution in [1.82, 2.24) is 7.59 Å². The van der Waals surface area contributed by atoms with Crippen LogP contribution < -0.4 is 5.14 Å². The van der Waals surface area contributed by atoms with Gasteiger partial charge in [-0.05, 0) is 0 Å². The molecule has 1 rings (SSSR count). The summed E-state index contributed by atoms with van der Waals surface area (Å²) in [7, 11) is -1.80. The second-order valence-electron chi connectivity index (χ2n) is 1.52. The molecule has 3 radical (unpaired) electrons. The van der Waals surface area contributed by atoms with Crippen LogP contribution in [0.3, 0.4) is 0 Å². The molecule has 0 aliphatic carbocycles. The van der Waals surface area contributed by atoms with Gasteiger partial charge >= 0.3 is 75.4 Å². The molecule has 53 valence electrons. The van der Waals surface area contributed by atoms with Crippen molar-refractivity contribution in [2.45, 2.75) is 5.03 Å². The molecule has 0 aliphatic heterocycles. The third-order valence-corrected chi connectivity index (χ3v) is 2.38. The number of aromatic nitrogens is 2. The molecule has 7 heteroatoms. The number of halogens is 1. The standard InChI is InChI=1S/C3H3FN3OS.Pb/c4-2-1-6-7-3(2)9(5)8;/h1H,5H2;/q-1;+1. The summed E-state index contributed by atoms with van der Waals surface area (Å²) in [6.07, 6.45) is 1.17.